The lowest BCUT2D eigenvalue weighted by molar-refractivity contribution is 0.0643. The van der Waals surface area contributed by atoms with Gasteiger partial charge < -0.3 is 4.57 Å². The van der Waals surface area contributed by atoms with E-state index in [-0.39, 0.29) is 16.8 Å². The van der Waals surface area contributed by atoms with Crippen molar-refractivity contribution in [2.75, 3.05) is 5.33 Å². The zero-order valence-electron chi connectivity index (χ0n) is 18.9. The summed E-state index contributed by atoms with van der Waals surface area (Å²) >= 11 is 7.19. The molecule has 2 heterocycles. The van der Waals surface area contributed by atoms with E-state index in [2.05, 4.69) is 38.4 Å². The molecule has 1 aromatic heterocycles. The van der Waals surface area contributed by atoms with Gasteiger partial charge in [0, 0.05) is 16.2 Å². The average Bonchev–Trinajstić information content (AvgIpc) is 3.16. The zero-order valence-corrected chi connectivity index (χ0v) is 22.9. The first-order chi connectivity index (χ1) is 16.7. The summed E-state index contributed by atoms with van der Waals surface area (Å²) in [7, 11) is -4.21. The zero-order chi connectivity index (χ0) is 25.0. The summed E-state index contributed by atoms with van der Waals surface area (Å²) in [4.78, 5) is 14.3. The quantitative estimate of drug-likeness (QED) is 0.242. The molecule has 1 aliphatic rings. The second-order valence-corrected chi connectivity index (χ2v) is 11.8. The predicted molar refractivity (Wildman–Crippen MR) is 146 cm³/mol. The van der Waals surface area contributed by atoms with Gasteiger partial charge in [-0.25, -0.2) is 12.7 Å². The molecule has 0 radical (unpaired) electrons. The molecule has 5 rings (SSSR count). The molecule has 1 amide bonds. The fourth-order valence-corrected chi connectivity index (χ4v) is 8.04. The number of para-hydroxylation sites is 1. The standard InChI is InChI=1S/C27H22Br2N2O3S/c1-3-19-10-12-20(13-11-19)27(16-28)17-30-23-7-5-4-6-22(23)24(29)25(30)26(32)31(27)35(33,34)21-14-8-18(2)9-15-21/h3-15H,1,16-17H2,2H3/t27-/m0/s1. The average molecular weight is 614 g/mol. The number of aryl methyl sites for hydroxylation is 1. The van der Waals surface area contributed by atoms with E-state index in [9.17, 15) is 13.2 Å². The molecule has 3 aromatic carbocycles. The fraction of sp³-hybridized carbons (Fsp3) is 0.148. The number of aromatic nitrogens is 1. The van der Waals surface area contributed by atoms with Crippen molar-refractivity contribution in [1.82, 2.24) is 8.87 Å². The first-order valence-corrected chi connectivity index (χ1v) is 14.3. The molecule has 0 aliphatic carbocycles. The van der Waals surface area contributed by atoms with Gasteiger partial charge in [-0.15, -0.1) is 0 Å². The van der Waals surface area contributed by atoms with E-state index in [1.54, 1.807) is 30.3 Å². The minimum atomic E-state index is -4.21. The van der Waals surface area contributed by atoms with E-state index < -0.39 is 21.5 Å². The van der Waals surface area contributed by atoms with Crippen LogP contribution in [0.5, 0.6) is 0 Å². The van der Waals surface area contributed by atoms with E-state index in [0.29, 0.717) is 15.7 Å². The molecule has 4 aromatic rings. The number of amides is 1. The second kappa shape index (κ2) is 8.76. The van der Waals surface area contributed by atoms with Crippen LogP contribution >= 0.6 is 31.9 Å². The maximum atomic E-state index is 14.2. The highest BCUT2D eigenvalue weighted by Crippen LogP contribution is 2.45. The van der Waals surface area contributed by atoms with E-state index in [1.165, 1.54) is 0 Å². The molecule has 0 spiro atoms. The molecule has 1 atom stereocenters. The summed E-state index contributed by atoms with van der Waals surface area (Å²) < 4.78 is 31.9. The topological polar surface area (TPSA) is 59.4 Å². The minimum absolute atomic E-state index is 0.0742. The number of alkyl halides is 1. The molecule has 35 heavy (non-hydrogen) atoms. The molecule has 0 N–H and O–H groups in total. The molecule has 0 saturated carbocycles. The van der Waals surface area contributed by atoms with Crippen LogP contribution in [0.4, 0.5) is 0 Å². The molecule has 8 heteroatoms. The Morgan fingerprint density at radius 1 is 1.03 bits per heavy atom. The van der Waals surface area contributed by atoms with Crippen LogP contribution in [0.2, 0.25) is 0 Å². The lowest BCUT2D eigenvalue weighted by atomic mass is 9.89. The number of carbonyl (C=O) groups is 1. The van der Waals surface area contributed by atoms with Crippen LogP contribution in [0, 0.1) is 6.92 Å². The summed E-state index contributed by atoms with van der Waals surface area (Å²) in [6.07, 6.45) is 1.73. The third-order valence-corrected chi connectivity index (χ3v) is 10.2. The molecule has 0 bridgehead atoms. The number of hydrogen-bond donors (Lipinski definition) is 0. The molecular formula is C27H22Br2N2O3S. The monoisotopic (exact) mass is 612 g/mol. The van der Waals surface area contributed by atoms with Gasteiger partial charge in [-0.2, -0.15) is 0 Å². The van der Waals surface area contributed by atoms with Gasteiger partial charge in [0.2, 0.25) is 0 Å². The van der Waals surface area contributed by atoms with Gasteiger partial charge in [0.15, 0.2) is 0 Å². The van der Waals surface area contributed by atoms with Crippen molar-refractivity contribution in [3.05, 3.63) is 106 Å². The number of hydrogen-bond acceptors (Lipinski definition) is 3. The van der Waals surface area contributed by atoms with Crippen LogP contribution in [0.3, 0.4) is 0 Å². The highest BCUT2D eigenvalue weighted by Gasteiger charge is 2.53. The summed E-state index contributed by atoms with van der Waals surface area (Å²) in [6.45, 7) is 5.96. The van der Waals surface area contributed by atoms with Crippen molar-refractivity contribution in [2.24, 2.45) is 0 Å². The molecule has 1 aliphatic heterocycles. The van der Waals surface area contributed by atoms with Gasteiger partial charge >= 0.3 is 0 Å². The van der Waals surface area contributed by atoms with Crippen molar-refractivity contribution in [3.8, 4) is 0 Å². The van der Waals surface area contributed by atoms with Crippen molar-refractivity contribution < 1.29 is 13.2 Å². The normalized spacial score (nSPS) is 18.0. The summed E-state index contributed by atoms with van der Waals surface area (Å²) in [5.41, 5.74) is 2.54. The third kappa shape index (κ3) is 3.61. The van der Waals surface area contributed by atoms with Crippen LogP contribution in [-0.2, 0) is 22.1 Å². The molecular weight excluding hydrogens is 592 g/mol. The second-order valence-electron chi connectivity index (χ2n) is 8.64. The molecule has 5 nitrogen and oxygen atoms in total. The highest BCUT2D eigenvalue weighted by molar-refractivity contribution is 9.10. The van der Waals surface area contributed by atoms with Gasteiger partial charge in [0.1, 0.15) is 11.2 Å². The first kappa shape index (κ1) is 24.0. The van der Waals surface area contributed by atoms with E-state index >= 15 is 0 Å². The number of fused-ring (bicyclic) bond motifs is 3. The van der Waals surface area contributed by atoms with Crippen molar-refractivity contribution >= 4 is 64.8 Å². The van der Waals surface area contributed by atoms with E-state index in [4.69, 9.17) is 0 Å². The number of carbonyl (C=O) groups excluding carboxylic acids is 1. The predicted octanol–water partition coefficient (Wildman–Crippen LogP) is 6.49. The van der Waals surface area contributed by atoms with Gasteiger partial charge in [0.05, 0.1) is 15.9 Å². The van der Waals surface area contributed by atoms with Crippen molar-refractivity contribution in [1.29, 1.82) is 0 Å². The Bertz CT molecular complexity index is 1580. The summed E-state index contributed by atoms with van der Waals surface area (Å²) in [5.74, 6) is -0.577. The van der Waals surface area contributed by atoms with E-state index in [0.717, 1.165) is 26.3 Å². The van der Waals surface area contributed by atoms with Crippen LogP contribution < -0.4 is 0 Å². The third-order valence-electron chi connectivity index (χ3n) is 6.57. The van der Waals surface area contributed by atoms with Crippen LogP contribution in [-0.4, -0.2) is 28.5 Å². The first-order valence-electron chi connectivity index (χ1n) is 11.0. The molecule has 0 fully saturated rings. The van der Waals surface area contributed by atoms with Gasteiger partial charge in [-0.1, -0.05) is 88.7 Å². The molecule has 0 unspecified atom stereocenters. The Kier molecular flexibility index (Phi) is 6.02. The number of nitrogens with zero attached hydrogens (tertiary/aromatic N) is 2. The van der Waals surface area contributed by atoms with Crippen LogP contribution in [0.25, 0.3) is 17.0 Å². The largest absolute Gasteiger partial charge is 0.333 e. The Morgan fingerprint density at radius 2 is 1.69 bits per heavy atom. The van der Waals surface area contributed by atoms with Crippen molar-refractivity contribution in [2.45, 2.75) is 23.9 Å². The maximum Gasteiger partial charge on any atom is 0.286 e. The van der Waals surface area contributed by atoms with Gasteiger partial charge in [0.25, 0.3) is 15.9 Å². The van der Waals surface area contributed by atoms with Crippen LogP contribution in [0.1, 0.15) is 27.2 Å². The lowest BCUT2D eigenvalue weighted by Crippen LogP contribution is -2.59. The highest BCUT2D eigenvalue weighted by atomic mass is 79.9. The SMILES string of the molecule is C=Cc1ccc([C@]2(CBr)Cn3c(c(Br)c4ccccc43)C(=O)N2S(=O)(=O)c2ccc(C)cc2)cc1. The molecule has 178 valence electrons. The summed E-state index contributed by atoms with van der Waals surface area (Å²) in [5, 5.41) is 1.07. The Labute approximate surface area is 221 Å². The Morgan fingerprint density at radius 3 is 2.31 bits per heavy atom. The fourth-order valence-electron chi connectivity index (χ4n) is 4.72. The Hall–Kier alpha value is -2.68. The number of rotatable bonds is 5. The smallest absolute Gasteiger partial charge is 0.286 e. The number of benzene rings is 3. The number of sulfonamides is 1. The van der Waals surface area contributed by atoms with Crippen LogP contribution in [0.15, 0.2) is 88.7 Å². The van der Waals surface area contributed by atoms with Gasteiger partial charge in [-0.3, -0.25) is 4.79 Å². The summed E-state index contributed by atoms with van der Waals surface area (Å²) in [6, 6.07) is 21.8. The van der Waals surface area contributed by atoms with Crippen molar-refractivity contribution in [3.63, 3.8) is 0 Å². The minimum Gasteiger partial charge on any atom is -0.333 e. The number of halogens is 2. The lowest BCUT2D eigenvalue weighted by Gasteiger charge is -2.46. The Balaban J connectivity index is 1.83. The van der Waals surface area contributed by atoms with E-state index in [1.807, 2.05) is 60.0 Å². The maximum absolute atomic E-state index is 14.2. The van der Waals surface area contributed by atoms with Gasteiger partial charge in [-0.05, 0) is 52.2 Å². The molecule has 0 saturated heterocycles.